The number of nitrogens with one attached hydrogen (secondary N) is 1. The predicted molar refractivity (Wildman–Crippen MR) is 113 cm³/mol. The van der Waals surface area contributed by atoms with E-state index >= 15 is 0 Å². The van der Waals surface area contributed by atoms with E-state index in [1.165, 1.54) is 0 Å². The summed E-state index contributed by atoms with van der Waals surface area (Å²) in [6.07, 6.45) is 1.92. The van der Waals surface area contributed by atoms with E-state index < -0.39 is 6.04 Å². The second-order valence-electron chi connectivity index (χ2n) is 7.42. The second-order valence-corrected chi connectivity index (χ2v) is 7.42. The summed E-state index contributed by atoms with van der Waals surface area (Å²) in [6, 6.07) is 24.6. The minimum Gasteiger partial charge on any atom is -0.337 e. The molecule has 0 bridgehead atoms. The average molecular weight is 380 g/mol. The smallest absolute Gasteiger partial charge is 0.252 e. The molecule has 3 aromatic rings. The Morgan fingerprint density at radius 1 is 0.828 bits per heavy atom. The van der Waals surface area contributed by atoms with Crippen LogP contribution >= 0.6 is 0 Å². The van der Waals surface area contributed by atoms with Crippen molar-refractivity contribution in [3.63, 3.8) is 0 Å². The Morgan fingerprint density at radius 2 is 1.45 bits per heavy atom. The van der Waals surface area contributed by atoms with Crippen LogP contribution in [0.2, 0.25) is 0 Å². The van der Waals surface area contributed by atoms with Gasteiger partial charge in [-0.15, -0.1) is 0 Å². The third kappa shape index (κ3) is 2.76. The lowest BCUT2D eigenvalue weighted by molar-refractivity contribution is -0.132. The monoisotopic (exact) mass is 380 g/mol. The molecule has 0 aromatic heterocycles. The summed E-state index contributed by atoms with van der Waals surface area (Å²) in [5.41, 5.74) is 6.12. The van der Waals surface area contributed by atoms with Crippen LogP contribution in [0.25, 0.3) is 16.7 Å². The molecule has 0 unspecified atom stereocenters. The Balaban J connectivity index is 1.60. The van der Waals surface area contributed by atoms with E-state index in [2.05, 4.69) is 29.6 Å². The Labute approximate surface area is 169 Å². The number of hydrogen-bond donors (Lipinski definition) is 1. The van der Waals surface area contributed by atoms with Crippen LogP contribution < -0.4 is 5.32 Å². The van der Waals surface area contributed by atoms with Gasteiger partial charge in [0.25, 0.3) is 5.91 Å². The number of fused-ring (bicyclic) bond motifs is 6. The molecule has 0 saturated carbocycles. The SMILES string of the molecule is CN1C(=O)[C@@H](NC(=O)c2ccccc2)C=C2c3ccccc3-c3ccccc3[C@H]21. The fourth-order valence-electron chi connectivity index (χ4n) is 4.38. The Hall–Kier alpha value is -3.66. The highest BCUT2D eigenvalue weighted by atomic mass is 16.2. The summed E-state index contributed by atoms with van der Waals surface area (Å²) >= 11 is 0. The molecule has 0 radical (unpaired) electrons. The van der Waals surface area contributed by atoms with Crippen molar-refractivity contribution >= 4 is 17.4 Å². The number of nitrogens with zero attached hydrogens (tertiary/aromatic N) is 1. The molecular weight excluding hydrogens is 360 g/mol. The minimum atomic E-state index is -0.697. The standard InChI is InChI=1S/C25H20N2O2/c1-27-23-20-14-8-7-12-18(20)17-11-5-6-13-19(17)21(23)15-22(25(27)29)26-24(28)16-9-3-2-4-10-16/h2-15,22-23H,1H3,(H,26,28)/t22-,23+/m0/s1. The highest BCUT2D eigenvalue weighted by Gasteiger charge is 2.40. The first-order valence-corrected chi connectivity index (χ1v) is 9.68. The van der Waals surface area contributed by atoms with Crippen LogP contribution in [0, 0.1) is 0 Å². The molecule has 5 rings (SSSR count). The first kappa shape index (κ1) is 17.4. The van der Waals surface area contributed by atoms with Gasteiger partial charge in [0.1, 0.15) is 6.04 Å². The molecule has 0 spiro atoms. The zero-order valence-corrected chi connectivity index (χ0v) is 16.0. The van der Waals surface area contributed by atoms with Crippen LogP contribution in [0.3, 0.4) is 0 Å². The number of likely N-dealkylation sites (N-methyl/N-ethyl adjacent to an activating group) is 1. The summed E-state index contributed by atoms with van der Waals surface area (Å²) in [5.74, 6) is -0.366. The molecular formula is C25H20N2O2. The van der Waals surface area contributed by atoms with Gasteiger partial charge in [0.2, 0.25) is 5.91 Å². The van der Waals surface area contributed by atoms with E-state index in [9.17, 15) is 9.59 Å². The van der Waals surface area contributed by atoms with Crippen LogP contribution in [0.4, 0.5) is 0 Å². The maximum Gasteiger partial charge on any atom is 0.252 e. The maximum absolute atomic E-state index is 13.1. The van der Waals surface area contributed by atoms with Crippen molar-refractivity contribution in [1.29, 1.82) is 0 Å². The molecule has 0 fully saturated rings. The molecule has 2 atom stereocenters. The van der Waals surface area contributed by atoms with Gasteiger partial charge >= 0.3 is 0 Å². The third-order valence-electron chi connectivity index (χ3n) is 5.75. The van der Waals surface area contributed by atoms with E-state index in [1.807, 2.05) is 55.6 Å². The quantitative estimate of drug-likeness (QED) is 0.729. The molecule has 29 heavy (non-hydrogen) atoms. The van der Waals surface area contributed by atoms with E-state index in [0.29, 0.717) is 5.56 Å². The lowest BCUT2D eigenvalue weighted by Crippen LogP contribution is -2.51. The fourth-order valence-corrected chi connectivity index (χ4v) is 4.38. The van der Waals surface area contributed by atoms with Gasteiger partial charge < -0.3 is 10.2 Å². The number of rotatable bonds is 2. The lowest BCUT2D eigenvalue weighted by Gasteiger charge is -2.41. The molecule has 0 saturated heterocycles. The molecule has 1 aliphatic carbocycles. The van der Waals surface area contributed by atoms with Crippen LogP contribution in [-0.2, 0) is 4.79 Å². The molecule has 142 valence electrons. The van der Waals surface area contributed by atoms with Crippen molar-refractivity contribution < 1.29 is 9.59 Å². The molecule has 3 aromatic carbocycles. The van der Waals surface area contributed by atoms with Gasteiger partial charge in [-0.1, -0.05) is 66.7 Å². The minimum absolute atomic E-state index is 0.114. The maximum atomic E-state index is 13.1. The van der Waals surface area contributed by atoms with Crippen molar-refractivity contribution in [2.45, 2.75) is 12.1 Å². The van der Waals surface area contributed by atoms with Crippen molar-refractivity contribution in [2.24, 2.45) is 0 Å². The third-order valence-corrected chi connectivity index (χ3v) is 5.75. The zero-order chi connectivity index (χ0) is 20.0. The van der Waals surface area contributed by atoms with Gasteiger partial charge in [-0.25, -0.2) is 0 Å². The number of amides is 2. The molecule has 4 nitrogen and oxygen atoms in total. The van der Waals surface area contributed by atoms with Gasteiger partial charge in [-0.05, 0) is 46.0 Å². The van der Waals surface area contributed by atoms with Gasteiger partial charge in [-0.3, -0.25) is 9.59 Å². The molecule has 4 heteroatoms. The molecule has 1 N–H and O–H groups in total. The normalized spacial score (nSPS) is 19.6. The molecule has 1 aliphatic heterocycles. The van der Waals surface area contributed by atoms with Crippen molar-refractivity contribution in [3.8, 4) is 11.1 Å². The van der Waals surface area contributed by atoms with Crippen LogP contribution in [0.1, 0.15) is 27.5 Å². The van der Waals surface area contributed by atoms with E-state index in [4.69, 9.17) is 0 Å². The number of carbonyl (C=O) groups excluding carboxylic acids is 2. The molecule has 2 amide bonds. The number of carbonyl (C=O) groups is 2. The van der Waals surface area contributed by atoms with Gasteiger partial charge in [0.05, 0.1) is 6.04 Å². The molecule has 2 aliphatic rings. The summed E-state index contributed by atoms with van der Waals surface area (Å²) in [6.45, 7) is 0. The van der Waals surface area contributed by atoms with Crippen LogP contribution in [0.5, 0.6) is 0 Å². The number of hydrogen-bond acceptors (Lipinski definition) is 2. The van der Waals surface area contributed by atoms with Gasteiger partial charge in [0.15, 0.2) is 0 Å². The highest BCUT2D eigenvalue weighted by Crippen LogP contribution is 2.49. The van der Waals surface area contributed by atoms with Crippen molar-refractivity contribution in [3.05, 3.63) is 102 Å². The van der Waals surface area contributed by atoms with Crippen LogP contribution in [-0.4, -0.2) is 29.8 Å². The van der Waals surface area contributed by atoms with Gasteiger partial charge in [-0.2, -0.15) is 0 Å². The first-order valence-electron chi connectivity index (χ1n) is 9.68. The Morgan fingerprint density at radius 3 is 2.21 bits per heavy atom. The van der Waals surface area contributed by atoms with Gasteiger partial charge in [0, 0.05) is 12.6 Å². The summed E-state index contributed by atoms with van der Waals surface area (Å²) < 4.78 is 0. The van der Waals surface area contributed by atoms with E-state index in [0.717, 1.165) is 27.8 Å². The highest BCUT2D eigenvalue weighted by molar-refractivity contribution is 6.02. The Bertz CT molecular complexity index is 1150. The molecule has 1 heterocycles. The topological polar surface area (TPSA) is 49.4 Å². The van der Waals surface area contributed by atoms with Crippen LogP contribution in [0.15, 0.2) is 84.9 Å². The largest absolute Gasteiger partial charge is 0.337 e. The van der Waals surface area contributed by atoms with Crippen molar-refractivity contribution in [1.82, 2.24) is 10.2 Å². The van der Waals surface area contributed by atoms with E-state index in [1.54, 1.807) is 17.0 Å². The first-order chi connectivity index (χ1) is 14.1. The summed E-state index contributed by atoms with van der Waals surface area (Å²) in [4.78, 5) is 27.5. The fraction of sp³-hybridized carbons (Fsp3) is 0.120. The van der Waals surface area contributed by atoms with Crippen molar-refractivity contribution in [2.75, 3.05) is 7.05 Å². The Kier molecular flexibility index (Phi) is 4.06. The average Bonchev–Trinajstić information content (AvgIpc) is 2.77. The summed E-state index contributed by atoms with van der Waals surface area (Å²) in [5, 5.41) is 2.90. The lowest BCUT2D eigenvalue weighted by atomic mass is 9.76. The zero-order valence-electron chi connectivity index (χ0n) is 16.0. The summed E-state index contributed by atoms with van der Waals surface area (Å²) in [7, 11) is 1.81. The van der Waals surface area contributed by atoms with E-state index in [-0.39, 0.29) is 17.9 Å². The number of benzene rings is 3. The predicted octanol–water partition coefficient (Wildman–Crippen LogP) is 4.06. The second kappa shape index (κ2) is 6.74.